The monoisotopic (exact) mass is 414 g/mol. The molecular formula is C17H19ClN2O6S. The van der Waals surface area contributed by atoms with Crippen LogP contribution in [0.15, 0.2) is 53.5 Å². The van der Waals surface area contributed by atoms with Gasteiger partial charge in [-0.3, -0.25) is 14.9 Å². The number of nitro benzene ring substituents is 1. The number of hydrogen-bond acceptors (Lipinski definition) is 6. The van der Waals surface area contributed by atoms with E-state index in [2.05, 4.69) is 6.58 Å². The van der Waals surface area contributed by atoms with E-state index in [0.717, 1.165) is 28.6 Å². The Bertz CT molecular complexity index is 866. The number of rotatable bonds is 7. The Morgan fingerprint density at radius 2 is 2.04 bits per heavy atom. The van der Waals surface area contributed by atoms with Crippen molar-refractivity contribution < 1.29 is 22.9 Å². The zero-order valence-corrected chi connectivity index (χ0v) is 16.1. The van der Waals surface area contributed by atoms with Crippen molar-refractivity contribution >= 4 is 33.3 Å². The molecule has 2 rings (SSSR count). The summed E-state index contributed by atoms with van der Waals surface area (Å²) >= 11 is 5.78. The fourth-order valence-corrected chi connectivity index (χ4v) is 4.68. The average molecular weight is 415 g/mol. The number of non-ortho nitro benzene ring substituents is 1. The number of ether oxygens (including phenoxy) is 1. The summed E-state index contributed by atoms with van der Waals surface area (Å²) in [6.45, 7) is 3.80. The molecule has 27 heavy (non-hydrogen) atoms. The molecule has 1 aromatic rings. The molecule has 0 aliphatic carbocycles. The molecule has 1 aromatic carbocycles. The van der Waals surface area contributed by atoms with Gasteiger partial charge in [0.25, 0.3) is 5.69 Å². The molecule has 10 heteroatoms. The van der Waals surface area contributed by atoms with Crippen molar-refractivity contribution in [3.8, 4) is 0 Å². The van der Waals surface area contributed by atoms with Gasteiger partial charge in [0.15, 0.2) is 0 Å². The Kier molecular flexibility index (Phi) is 6.74. The third kappa shape index (κ3) is 4.55. The van der Waals surface area contributed by atoms with Crippen LogP contribution < -0.4 is 0 Å². The molecule has 1 aliphatic rings. The lowest BCUT2D eigenvalue weighted by Crippen LogP contribution is -2.52. The van der Waals surface area contributed by atoms with E-state index in [0.29, 0.717) is 5.57 Å². The van der Waals surface area contributed by atoms with Crippen LogP contribution in [0.5, 0.6) is 0 Å². The molecule has 1 heterocycles. The van der Waals surface area contributed by atoms with Crippen LogP contribution in [0, 0.1) is 10.1 Å². The second-order valence-corrected chi connectivity index (χ2v) is 8.05. The van der Waals surface area contributed by atoms with Gasteiger partial charge in [-0.25, -0.2) is 8.42 Å². The molecule has 2 atom stereocenters. The number of halogens is 1. The summed E-state index contributed by atoms with van der Waals surface area (Å²) < 4.78 is 32.3. The lowest BCUT2D eigenvalue weighted by molar-refractivity contribution is -0.384. The van der Waals surface area contributed by atoms with Crippen LogP contribution in [-0.2, 0) is 19.6 Å². The quantitative estimate of drug-likeness (QED) is 0.223. The standard InChI is InChI=1S/C17H19ClN2O6S/c1-12(11-18)10-14-4-3-5-16(17(21)26-2)19(14)27(24,25)15-8-6-13(7-9-15)20(22)23/h3-4,6-9,14,16H,1,5,10-11H2,2H3/t14-,16+/m1/s1. The van der Waals surface area contributed by atoms with E-state index >= 15 is 0 Å². The number of esters is 1. The SMILES string of the molecule is C=C(CCl)C[C@H]1C=CC[C@@H](C(=O)OC)N1S(=O)(=O)c1ccc([N+](=O)[O-])cc1. The molecule has 0 amide bonds. The largest absolute Gasteiger partial charge is 0.468 e. The third-order valence-corrected chi connectivity index (χ3v) is 6.46. The number of alkyl halides is 1. The van der Waals surface area contributed by atoms with Crippen molar-refractivity contribution in [2.24, 2.45) is 0 Å². The number of methoxy groups -OCH3 is 1. The van der Waals surface area contributed by atoms with E-state index in [1.807, 2.05) is 0 Å². The second kappa shape index (κ2) is 8.64. The first-order chi connectivity index (χ1) is 12.7. The lowest BCUT2D eigenvalue weighted by atomic mass is 10.0. The summed E-state index contributed by atoms with van der Waals surface area (Å²) in [5, 5.41) is 10.8. The topological polar surface area (TPSA) is 107 Å². The Labute approximate surface area is 162 Å². The molecule has 1 aliphatic heterocycles. The molecule has 8 nitrogen and oxygen atoms in total. The third-order valence-electron chi connectivity index (χ3n) is 4.13. The minimum absolute atomic E-state index is 0.151. The summed E-state index contributed by atoms with van der Waals surface area (Å²) in [4.78, 5) is 22.2. The van der Waals surface area contributed by atoms with Gasteiger partial charge in [-0.2, -0.15) is 4.31 Å². The number of nitrogens with zero attached hydrogens (tertiary/aromatic N) is 2. The highest BCUT2D eigenvalue weighted by atomic mass is 35.5. The van der Waals surface area contributed by atoms with E-state index < -0.39 is 33.0 Å². The fourth-order valence-electron chi connectivity index (χ4n) is 2.84. The molecule has 0 N–H and O–H groups in total. The first kappa shape index (κ1) is 21.1. The smallest absolute Gasteiger partial charge is 0.324 e. The summed E-state index contributed by atoms with van der Waals surface area (Å²) in [6, 6.07) is 2.78. The van der Waals surface area contributed by atoms with E-state index in [4.69, 9.17) is 16.3 Å². The predicted octanol–water partition coefficient (Wildman–Crippen LogP) is 2.64. The first-order valence-corrected chi connectivity index (χ1v) is 9.95. The first-order valence-electron chi connectivity index (χ1n) is 7.97. The van der Waals surface area contributed by atoms with E-state index in [1.54, 1.807) is 12.2 Å². The number of sulfonamides is 1. The minimum Gasteiger partial charge on any atom is -0.468 e. The lowest BCUT2D eigenvalue weighted by Gasteiger charge is -2.36. The number of nitro groups is 1. The molecule has 0 spiro atoms. The van der Waals surface area contributed by atoms with Crippen LogP contribution >= 0.6 is 11.6 Å². The molecule has 0 aromatic heterocycles. The second-order valence-electron chi connectivity index (χ2n) is 5.94. The van der Waals surface area contributed by atoms with Crippen LogP contribution in [0.1, 0.15) is 12.8 Å². The van der Waals surface area contributed by atoms with E-state index in [-0.39, 0.29) is 29.3 Å². The van der Waals surface area contributed by atoms with Gasteiger partial charge in [-0.15, -0.1) is 11.6 Å². The zero-order chi connectivity index (χ0) is 20.2. The maximum Gasteiger partial charge on any atom is 0.324 e. The highest BCUT2D eigenvalue weighted by Crippen LogP contribution is 2.30. The highest BCUT2D eigenvalue weighted by Gasteiger charge is 2.42. The molecule has 0 radical (unpaired) electrons. The van der Waals surface area contributed by atoms with Crippen molar-refractivity contribution in [1.29, 1.82) is 0 Å². The maximum absolute atomic E-state index is 13.2. The van der Waals surface area contributed by atoms with Gasteiger partial charge in [-0.05, 0) is 25.0 Å². The van der Waals surface area contributed by atoms with Gasteiger partial charge in [-0.1, -0.05) is 24.3 Å². The number of carbonyl (C=O) groups excluding carboxylic acids is 1. The summed E-state index contributed by atoms with van der Waals surface area (Å²) in [5.74, 6) is -0.537. The Balaban J connectivity index is 2.50. The summed E-state index contributed by atoms with van der Waals surface area (Å²) in [5.41, 5.74) is 0.379. The number of benzene rings is 1. The normalized spacial score (nSPS) is 20.2. The highest BCUT2D eigenvalue weighted by molar-refractivity contribution is 7.89. The Morgan fingerprint density at radius 1 is 1.41 bits per heavy atom. The molecule has 146 valence electrons. The van der Waals surface area contributed by atoms with Crippen molar-refractivity contribution in [3.63, 3.8) is 0 Å². The fraction of sp³-hybridized carbons (Fsp3) is 0.353. The molecular weight excluding hydrogens is 396 g/mol. The molecule has 0 saturated heterocycles. The van der Waals surface area contributed by atoms with Crippen molar-refractivity contribution in [2.75, 3.05) is 13.0 Å². The predicted molar refractivity (Wildman–Crippen MR) is 99.9 cm³/mol. The van der Waals surface area contributed by atoms with Crippen LogP contribution in [0.2, 0.25) is 0 Å². The van der Waals surface area contributed by atoms with Crippen LogP contribution in [-0.4, -0.2) is 48.7 Å². The number of hydrogen-bond donors (Lipinski definition) is 0. The van der Waals surface area contributed by atoms with Gasteiger partial charge in [0, 0.05) is 24.1 Å². The molecule has 0 saturated carbocycles. The van der Waals surface area contributed by atoms with Gasteiger partial charge in [0.1, 0.15) is 6.04 Å². The van der Waals surface area contributed by atoms with Gasteiger partial charge in [0.05, 0.1) is 16.9 Å². The van der Waals surface area contributed by atoms with Gasteiger partial charge < -0.3 is 4.74 Å². The molecule has 0 fully saturated rings. The van der Waals surface area contributed by atoms with Crippen LogP contribution in [0.25, 0.3) is 0 Å². The van der Waals surface area contributed by atoms with E-state index in [1.165, 1.54) is 7.11 Å². The number of carbonyl (C=O) groups is 1. The van der Waals surface area contributed by atoms with Gasteiger partial charge >= 0.3 is 5.97 Å². The Morgan fingerprint density at radius 3 is 2.56 bits per heavy atom. The maximum atomic E-state index is 13.2. The average Bonchev–Trinajstić information content (AvgIpc) is 2.66. The van der Waals surface area contributed by atoms with Crippen molar-refractivity contribution in [3.05, 3.63) is 58.7 Å². The van der Waals surface area contributed by atoms with Crippen molar-refractivity contribution in [2.45, 2.75) is 29.8 Å². The minimum atomic E-state index is -4.14. The summed E-state index contributed by atoms with van der Waals surface area (Å²) in [7, 11) is -2.95. The molecule has 0 unspecified atom stereocenters. The summed E-state index contributed by atoms with van der Waals surface area (Å²) in [6.07, 6.45) is 3.79. The molecule has 0 bridgehead atoms. The van der Waals surface area contributed by atoms with Crippen molar-refractivity contribution in [1.82, 2.24) is 4.31 Å². The zero-order valence-electron chi connectivity index (χ0n) is 14.6. The van der Waals surface area contributed by atoms with Crippen LogP contribution in [0.4, 0.5) is 5.69 Å². The Hall–Kier alpha value is -2.23. The van der Waals surface area contributed by atoms with E-state index in [9.17, 15) is 23.3 Å². The van der Waals surface area contributed by atoms with Gasteiger partial charge in [0.2, 0.25) is 10.0 Å². The van der Waals surface area contributed by atoms with Crippen LogP contribution in [0.3, 0.4) is 0 Å².